The zero-order chi connectivity index (χ0) is 32.3. The minimum Gasteiger partial charge on any atom is -0.505 e. The minimum atomic E-state index is -0.205. The number of hydrogen-bond acceptors (Lipinski definition) is 19. The molecule has 0 atom stereocenters. The third kappa shape index (κ3) is 8.44. The van der Waals surface area contributed by atoms with Crippen LogP contribution in [0.25, 0.3) is 21.5 Å². The first-order chi connectivity index (χ1) is 22.5. The highest BCUT2D eigenvalue weighted by Crippen LogP contribution is 2.44. The Labute approximate surface area is 268 Å². The zero-order valence-electron chi connectivity index (χ0n) is 23.5. The molecule has 0 saturated heterocycles. The lowest BCUT2D eigenvalue weighted by Crippen LogP contribution is -2.14. The highest BCUT2D eigenvalue weighted by atomic mass is 32.2. The normalized spacial score (nSPS) is 11.5. The largest absolute Gasteiger partial charge is 0.505 e. The van der Waals surface area contributed by atoms with Crippen LogP contribution in [0, 0.1) is 0 Å². The Morgan fingerprint density at radius 3 is 2.11 bits per heavy atom. The molecule has 1 heterocycles. The number of phenols is 1. The number of benzene rings is 4. The van der Waals surface area contributed by atoms with Crippen LogP contribution in [0.5, 0.6) is 5.75 Å². The number of aliphatic hydroxyl groups excluding tert-OH is 2. The Morgan fingerprint density at radius 2 is 1.39 bits per heavy atom. The van der Waals surface area contributed by atoms with E-state index in [0.717, 1.165) is 22.8 Å². The summed E-state index contributed by atoms with van der Waals surface area (Å²) in [6, 6.07) is 17.6. The topological polar surface area (TPSA) is 238 Å². The van der Waals surface area contributed by atoms with Gasteiger partial charge in [-0.2, -0.15) is 20.1 Å². The van der Waals surface area contributed by atoms with Crippen LogP contribution in [0.1, 0.15) is 0 Å². The summed E-state index contributed by atoms with van der Waals surface area (Å²) in [5.74, 6) is 0.378. The summed E-state index contributed by atoms with van der Waals surface area (Å²) in [5, 5.41) is 74.3. The molecule has 0 amide bonds. The highest BCUT2D eigenvalue weighted by molar-refractivity contribution is 7.94. The van der Waals surface area contributed by atoms with E-state index >= 15 is 0 Å². The molecule has 1 aromatic heterocycles. The average Bonchev–Trinajstić information content (AvgIpc) is 3.07. The summed E-state index contributed by atoms with van der Waals surface area (Å²) >= 11 is 1.43. The Hall–Kier alpha value is -4.41. The monoisotopic (exact) mass is 670 g/mol. The van der Waals surface area contributed by atoms with Crippen molar-refractivity contribution in [3.63, 3.8) is 0 Å². The van der Waals surface area contributed by atoms with Gasteiger partial charge < -0.3 is 31.3 Å². The molecular weight excluding hydrogens is 644 g/mol. The second kappa shape index (κ2) is 16.2. The van der Waals surface area contributed by atoms with Crippen molar-refractivity contribution >= 4 is 80.5 Å². The molecule has 0 bridgehead atoms. The summed E-state index contributed by atoms with van der Waals surface area (Å²) in [7, 11) is 0. The van der Waals surface area contributed by atoms with E-state index in [9.17, 15) is 5.11 Å². The van der Waals surface area contributed by atoms with Crippen molar-refractivity contribution in [2.45, 2.75) is 9.79 Å². The summed E-state index contributed by atoms with van der Waals surface area (Å²) in [6.45, 7) is 0.177. The van der Waals surface area contributed by atoms with E-state index < -0.39 is 0 Å². The van der Waals surface area contributed by atoms with Crippen LogP contribution < -0.4 is 16.0 Å². The summed E-state index contributed by atoms with van der Waals surface area (Å²) < 4.78 is 9.16. The van der Waals surface area contributed by atoms with Gasteiger partial charge >= 0.3 is 0 Å². The molecular formula is C27H26N8O9S2. The van der Waals surface area contributed by atoms with Gasteiger partial charge in [-0.3, -0.25) is 0 Å². The number of aliphatic hydroxyl groups is 2. The van der Waals surface area contributed by atoms with Crippen LogP contribution in [0.4, 0.5) is 34.9 Å². The quantitative estimate of drug-likeness (QED) is 0.0271. The second-order valence-electron chi connectivity index (χ2n) is 9.08. The number of aromatic hydroxyl groups is 1. The molecule has 4 aromatic carbocycles. The van der Waals surface area contributed by atoms with Crippen molar-refractivity contribution in [3.8, 4) is 5.75 Å². The smallest absolute Gasteiger partial charge is 0.233 e. The molecule has 0 spiro atoms. The van der Waals surface area contributed by atoms with Crippen LogP contribution in [0.3, 0.4) is 0 Å². The van der Waals surface area contributed by atoms with E-state index in [-0.39, 0.29) is 60.5 Å². The van der Waals surface area contributed by atoms with Gasteiger partial charge in [-0.1, -0.05) is 22.2 Å². The van der Waals surface area contributed by atoms with Crippen LogP contribution in [0.2, 0.25) is 0 Å². The molecule has 5 rings (SSSR count). The lowest BCUT2D eigenvalue weighted by molar-refractivity contribution is -0.432. The molecule has 8 N–H and O–H groups in total. The predicted molar refractivity (Wildman–Crippen MR) is 169 cm³/mol. The molecule has 0 aliphatic carbocycles. The molecule has 17 nitrogen and oxygen atoms in total. The summed E-state index contributed by atoms with van der Waals surface area (Å²) in [6.07, 6.45) is 0. The Morgan fingerprint density at radius 1 is 0.696 bits per heavy atom. The van der Waals surface area contributed by atoms with Crippen LogP contribution in [0.15, 0.2) is 80.7 Å². The van der Waals surface area contributed by atoms with Crippen molar-refractivity contribution in [1.82, 2.24) is 15.0 Å². The maximum atomic E-state index is 11.2. The number of nitrogens with one attached hydrogen (secondary N) is 3. The SMILES string of the molecule is OCCNc1nc(NCCO)nc(Nc2ccc3c(O)c(N=Nc4ccc5ccc(SOOO)cc5c4)c(SOOO)cc3c2)n1. The Bertz CT molecular complexity index is 1810. The second-order valence-corrected chi connectivity index (χ2v) is 10.6. The van der Waals surface area contributed by atoms with Crippen LogP contribution in [-0.4, -0.2) is 67.1 Å². The first kappa shape index (κ1) is 33.0. The fourth-order valence-electron chi connectivity index (χ4n) is 4.18. The number of phenolic OH excluding ortho intramolecular Hbond substituents is 1. The fraction of sp³-hybridized carbons (Fsp3) is 0.148. The number of anilines is 4. The van der Waals surface area contributed by atoms with Crippen LogP contribution in [-0.2, 0) is 18.7 Å². The van der Waals surface area contributed by atoms with Gasteiger partial charge in [-0.25, -0.2) is 10.5 Å². The highest BCUT2D eigenvalue weighted by Gasteiger charge is 2.16. The Balaban J connectivity index is 1.45. The maximum Gasteiger partial charge on any atom is 0.233 e. The first-order valence-corrected chi connectivity index (χ1v) is 14.8. The number of rotatable bonds is 16. The Kier molecular flexibility index (Phi) is 11.6. The molecule has 5 aromatic rings. The molecule has 0 aliphatic rings. The molecule has 0 unspecified atom stereocenters. The average molecular weight is 671 g/mol. The molecule has 0 aliphatic heterocycles. The van der Waals surface area contributed by atoms with E-state index in [0.29, 0.717) is 39.1 Å². The third-order valence-electron chi connectivity index (χ3n) is 6.11. The van der Waals surface area contributed by atoms with Crippen molar-refractivity contribution in [3.05, 3.63) is 60.7 Å². The lowest BCUT2D eigenvalue weighted by atomic mass is 10.1. The van der Waals surface area contributed by atoms with Crippen LogP contribution >= 0.6 is 24.1 Å². The predicted octanol–water partition coefficient (Wildman–Crippen LogP) is 5.71. The van der Waals surface area contributed by atoms with E-state index in [1.54, 1.807) is 48.5 Å². The number of azo groups is 1. The van der Waals surface area contributed by atoms with E-state index in [1.807, 2.05) is 12.1 Å². The standard InChI is InChI=1S/C27H26N8O9S2/c36-9-7-28-25-31-26(29-8-10-37)33-27(32-25)30-18-4-6-21-17(12-18)14-22(46-44-42-40)23(24(21)38)35-34-19-3-1-15-2-5-20(45-43-41-39)13-16(15)11-19/h1-6,11-14,36-40H,7-10H2,(H3,28,29,30,31,32,33). The minimum absolute atomic E-state index is 0.0600. The molecule has 0 saturated carbocycles. The molecule has 19 heteroatoms. The van der Waals surface area contributed by atoms with Crippen molar-refractivity contribution in [2.75, 3.05) is 42.3 Å². The van der Waals surface area contributed by atoms with Crippen molar-refractivity contribution < 1.29 is 44.6 Å². The lowest BCUT2D eigenvalue weighted by Gasteiger charge is -2.12. The van der Waals surface area contributed by atoms with Gasteiger partial charge in [0, 0.05) is 29.1 Å². The van der Waals surface area contributed by atoms with E-state index in [2.05, 4.69) is 59.9 Å². The van der Waals surface area contributed by atoms with Gasteiger partial charge in [0.15, 0.2) is 5.75 Å². The van der Waals surface area contributed by atoms with Gasteiger partial charge in [0.2, 0.25) is 17.8 Å². The van der Waals surface area contributed by atoms with Gasteiger partial charge in [-0.15, -0.1) is 13.8 Å². The van der Waals surface area contributed by atoms with Gasteiger partial charge in [0.1, 0.15) is 5.69 Å². The summed E-state index contributed by atoms with van der Waals surface area (Å²) in [4.78, 5) is 13.8. The van der Waals surface area contributed by atoms with Gasteiger partial charge in [0.25, 0.3) is 0 Å². The number of hydrogen-bond donors (Lipinski definition) is 8. The van der Waals surface area contributed by atoms with E-state index in [1.165, 1.54) is 0 Å². The number of nitrogens with zero attached hydrogens (tertiary/aromatic N) is 5. The third-order valence-corrected chi connectivity index (χ3v) is 7.30. The molecule has 0 radical (unpaired) electrons. The fourth-order valence-corrected chi connectivity index (χ4v) is 5.09. The molecule has 46 heavy (non-hydrogen) atoms. The first-order valence-electron chi connectivity index (χ1n) is 13.3. The van der Waals surface area contributed by atoms with E-state index in [4.69, 9.17) is 20.7 Å². The number of aromatic nitrogens is 3. The van der Waals surface area contributed by atoms with Crippen molar-refractivity contribution in [1.29, 1.82) is 0 Å². The maximum absolute atomic E-state index is 11.2. The van der Waals surface area contributed by atoms with Gasteiger partial charge in [-0.05, 0) is 64.7 Å². The summed E-state index contributed by atoms with van der Waals surface area (Å²) in [5.41, 5.74) is 1.08. The zero-order valence-corrected chi connectivity index (χ0v) is 25.2. The molecule has 0 fully saturated rings. The molecule has 240 valence electrons. The van der Waals surface area contributed by atoms with Crippen molar-refractivity contribution in [2.24, 2.45) is 10.2 Å². The van der Waals surface area contributed by atoms with Gasteiger partial charge in [0.05, 0.1) is 47.9 Å². The number of fused-ring (bicyclic) bond motifs is 2.